The van der Waals surface area contributed by atoms with Crippen molar-refractivity contribution in [1.29, 1.82) is 0 Å². The number of amides is 2. The second-order valence-corrected chi connectivity index (χ2v) is 7.49. The van der Waals surface area contributed by atoms with Gasteiger partial charge in [-0.15, -0.1) is 0 Å². The molecule has 0 N–H and O–H groups in total. The van der Waals surface area contributed by atoms with Crippen molar-refractivity contribution in [3.63, 3.8) is 0 Å². The third-order valence-corrected chi connectivity index (χ3v) is 5.38. The van der Waals surface area contributed by atoms with E-state index < -0.39 is 0 Å². The van der Waals surface area contributed by atoms with Crippen molar-refractivity contribution < 1.29 is 9.53 Å². The van der Waals surface area contributed by atoms with Crippen molar-refractivity contribution in [3.8, 4) is 16.9 Å². The molecule has 3 aromatic rings. The molecule has 3 heterocycles. The van der Waals surface area contributed by atoms with Crippen LogP contribution in [0.4, 0.5) is 4.79 Å². The van der Waals surface area contributed by atoms with Gasteiger partial charge in [-0.1, -0.05) is 12.1 Å². The highest BCUT2D eigenvalue weighted by Gasteiger charge is 2.24. The van der Waals surface area contributed by atoms with Crippen molar-refractivity contribution in [2.24, 2.45) is 0 Å². The van der Waals surface area contributed by atoms with Gasteiger partial charge in [-0.25, -0.2) is 9.78 Å². The number of likely N-dealkylation sites (tertiary alicyclic amines) is 1. The summed E-state index contributed by atoms with van der Waals surface area (Å²) in [6.07, 6.45) is 5.68. The number of fused-ring (bicyclic) bond motifs is 1. The molecule has 0 saturated carbocycles. The SMILES string of the molecule is Cc1c(-c2ccc(OC3CCN(C(=O)N(C)C)CC3)cc2)ccc2nccn12. The first-order valence-electron chi connectivity index (χ1n) is 9.69. The molecular weight excluding hydrogens is 352 g/mol. The molecule has 0 radical (unpaired) electrons. The number of pyridine rings is 1. The van der Waals surface area contributed by atoms with Crippen molar-refractivity contribution in [1.82, 2.24) is 19.2 Å². The van der Waals surface area contributed by atoms with E-state index in [1.165, 1.54) is 11.3 Å². The summed E-state index contributed by atoms with van der Waals surface area (Å²) >= 11 is 0. The van der Waals surface area contributed by atoms with Gasteiger partial charge in [-0.3, -0.25) is 0 Å². The molecule has 0 aliphatic carbocycles. The second kappa shape index (κ2) is 7.54. The molecule has 1 aliphatic heterocycles. The van der Waals surface area contributed by atoms with Crippen LogP contribution in [-0.2, 0) is 0 Å². The lowest BCUT2D eigenvalue weighted by atomic mass is 10.0. The van der Waals surface area contributed by atoms with E-state index in [0.29, 0.717) is 0 Å². The van der Waals surface area contributed by atoms with Crippen LogP contribution in [0.15, 0.2) is 48.8 Å². The highest BCUT2D eigenvalue weighted by Crippen LogP contribution is 2.27. The molecule has 1 saturated heterocycles. The van der Waals surface area contributed by atoms with E-state index >= 15 is 0 Å². The van der Waals surface area contributed by atoms with Crippen molar-refractivity contribution in [3.05, 3.63) is 54.5 Å². The Morgan fingerprint density at radius 3 is 2.50 bits per heavy atom. The number of benzene rings is 1. The van der Waals surface area contributed by atoms with Crippen molar-refractivity contribution in [2.45, 2.75) is 25.9 Å². The third-order valence-electron chi connectivity index (χ3n) is 5.38. The summed E-state index contributed by atoms with van der Waals surface area (Å²) in [6.45, 7) is 3.59. The van der Waals surface area contributed by atoms with E-state index in [0.717, 1.165) is 42.9 Å². The summed E-state index contributed by atoms with van der Waals surface area (Å²) in [4.78, 5) is 19.9. The lowest BCUT2D eigenvalue weighted by molar-refractivity contribution is 0.101. The van der Waals surface area contributed by atoms with Gasteiger partial charge in [-0.2, -0.15) is 0 Å². The zero-order valence-electron chi connectivity index (χ0n) is 16.6. The van der Waals surface area contributed by atoms with Gasteiger partial charge < -0.3 is 18.9 Å². The van der Waals surface area contributed by atoms with Crippen LogP contribution in [0, 0.1) is 6.92 Å². The first kappa shape index (κ1) is 18.3. The van der Waals surface area contributed by atoms with E-state index in [9.17, 15) is 4.79 Å². The topological polar surface area (TPSA) is 50.1 Å². The summed E-state index contributed by atoms with van der Waals surface area (Å²) in [5, 5.41) is 0. The number of hydrogen-bond donors (Lipinski definition) is 0. The lowest BCUT2D eigenvalue weighted by Crippen LogP contribution is -2.46. The highest BCUT2D eigenvalue weighted by molar-refractivity contribution is 5.74. The minimum Gasteiger partial charge on any atom is -0.490 e. The summed E-state index contributed by atoms with van der Waals surface area (Å²) < 4.78 is 8.26. The van der Waals surface area contributed by atoms with Gasteiger partial charge in [0.15, 0.2) is 0 Å². The highest BCUT2D eigenvalue weighted by atomic mass is 16.5. The van der Waals surface area contributed by atoms with E-state index in [4.69, 9.17) is 4.74 Å². The van der Waals surface area contributed by atoms with E-state index in [2.05, 4.69) is 34.5 Å². The maximum atomic E-state index is 12.0. The number of carbonyl (C=O) groups excluding carboxylic acids is 1. The fraction of sp³-hybridized carbons (Fsp3) is 0.364. The zero-order valence-corrected chi connectivity index (χ0v) is 16.6. The molecule has 4 rings (SSSR count). The maximum absolute atomic E-state index is 12.0. The smallest absolute Gasteiger partial charge is 0.319 e. The Bertz CT molecular complexity index is 970. The molecule has 6 heteroatoms. The summed E-state index contributed by atoms with van der Waals surface area (Å²) in [5.41, 5.74) is 4.47. The molecular formula is C22H26N4O2. The summed E-state index contributed by atoms with van der Waals surface area (Å²) in [5.74, 6) is 0.877. The van der Waals surface area contributed by atoms with Crippen LogP contribution in [0.1, 0.15) is 18.5 Å². The van der Waals surface area contributed by atoms with E-state index in [1.54, 1.807) is 19.0 Å². The zero-order chi connectivity index (χ0) is 19.7. The van der Waals surface area contributed by atoms with Gasteiger partial charge in [0.2, 0.25) is 0 Å². The fourth-order valence-corrected chi connectivity index (χ4v) is 3.79. The molecule has 1 aromatic carbocycles. The minimum atomic E-state index is 0.0769. The molecule has 1 fully saturated rings. The van der Waals surface area contributed by atoms with Crippen LogP contribution in [0.3, 0.4) is 0 Å². The maximum Gasteiger partial charge on any atom is 0.319 e. The predicted molar refractivity (Wildman–Crippen MR) is 110 cm³/mol. The number of nitrogens with zero attached hydrogens (tertiary/aromatic N) is 4. The van der Waals surface area contributed by atoms with Crippen LogP contribution in [0.2, 0.25) is 0 Å². The Morgan fingerprint density at radius 1 is 1.11 bits per heavy atom. The number of imidazole rings is 1. The number of hydrogen-bond acceptors (Lipinski definition) is 3. The Morgan fingerprint density at radius 2 is 1.82 bits per heavy atom. The number of urea groups is 1. The first-order valence-corrected chi connectivity index (χ1v) is 9.69. The van der Waals surface area contributed by atoms with Gasteiger partial charge in [-0.05, 0) is 36.8 Å². The van der Waals surface area contributed by atoms with Crippen LogP contribution in [0.5, 0.6) is 5.75 Å². The van der Waals surface area contributed by atoms with Crippen molar-refractivity contribution in [2.75, 3.05) is 27.2 Å². The number of carbonyl (C=O) groups is 1. The molecule has 6 nitrogen and oxygen atoms in total. The second-order valence-electron chi connectivity index (χ2n) is 7.49. The number of aryl methyl sites for hydroxylation is 1. The van der Waals surface area contributed by atoms with Gasteiger partial charge in [0.25, 0.3) is 0 Å². The van der Waals surface area contributed by atoms with Crippen LogP contribution in [0.25, 0.3) is 16.8 Å². The monoisotopic (exact) mass is 378 g/mol. The Balaban J connectivity index is 1.41. The number of piperidine rings is 1. The molecule has 0 bridgehead atoms. The van der Waals surface area contributed by atoms with Crippen LogP contribution >= 0.6 is 0 Å². The molecule has 2 aromatic heterocycles. The molecule has 2 amide bonds. The molecule has 28 heavy (non-hydrogen) atoms. The van der Waals surface area contributed by atoms with E-state index in [1.807, 2.05) is 35.5 Å². The first-order chi connectivity index (χ1) is 13.5. The van der Waals surface area contributed by atoms with Crippen LogP contribution in [-0.4, -0.2) is 58.5 Å². The standard InChI is InChI=1S/C22H26N4O2/c1-16-20(8-9-21-23-12-15-26(16)21)17-4-6-18(7-5-17)28-19-10-13-25(14-11-19)22(27)24(2)3/h4-9,12,15,19H,10-11,13-14H2,1-3H3. The van der Waals surface area contributed by atoms with Gasteiger partial charge in [0, 0.05) is 63.7 Å². The Hall–Kier alpha value is -3.02. The molecule has 0 unspecified atom stereocenters. The predicted octanol–water partition coefficient (Wildman–Crippen LogP) is 3.83. The quantitative estimate of drug-likeness (QED) is 0.696. The van der Waals surface area contributed by atoms with Gasteiger partial charge >= 0.3 is 6.03 Å². The molecule has 146 valence electrons. The lowest BCUT2D eigenvalue weighted by Gasteiger charge is -2.33. The summed E-state index contributed by atoms with van der Waals surface area (Å²) in [7, 11) is 3.58. The van der Waals surface area contributed by atoms with E-state index in [-0.39, 0.29) is 12.1 Å². The largest absolute Gasteiger partial charge is 0.490 e. The fourth-order valence-electron chi connectivity index (χ4n) is 3.79. The molecule has 1 aliphatic rings. The normalized spacial score (nSPS) is 15.0. The molecule has 0 spiro atoms. The average molecular weight is 378 g/mol. The Kier molecular flexibility index (Phi) is 4.94. The average Bonchev–Trinajstić information content (AvgIpc) is 3.19. The Labute approximate surface area is 165 Å². The number of aromatic nitrogens is 2. The number of rotatable bonds is 3. The minimum absolute atomic E-state index is 0.0769. The van der Waals surface area contributed by atoms with Crippen LogP contribution < -0.4 is 4.74 Å². The molecule has 0 atom stereocenters. The number of ether oxygens (including phenoxy) is 1. The van der Waals surface area contributed by atoms with Crippen molar-refractivity contribution >= 4 is 11.7 Å². The third kappa shape index (κ3) is 3.54. The summed E-state index contributed by atoms with van der Waals surface area (Å²) in [6, 6.07) is 12.5. The van der Waals surface area contributed by atoms with Gasteiger partial charge in [0.05, 0.1) is 0 Å². The van der Waals surface area contributed by atoms with Gasteiger partial charge in [0.1, 0.15) is 17.5 Å².